The van der Waals surface area contributed by atoms with Gasteiger partial charge in [-0.25, -0.2) is 0 Å². The molecule has 1 fully saturated rings. The van der Waals surface area contributed by atoms with Crippen LogP contribution in [-0.4, -0.2) is 28.6 Å². The van der Waals surface area contributed by atoms with E-state index < -0.39 is 11.9 Å². The Morgan fingerprint density at radius 3 is 2.67 bits per heavy atom. The van der Waals surface area contributed by atoms with Crippen molar-refractivity contribution >= 4 is 21.7 Å². The minimum Gasteiger partial charge on any atom is -0.355 e. The van der Waals surface area contributed by atoms with E-state index >= 15 is 0 Å². The minimum atomic E-state index is -4.42. The molecular formula is C11H13BrF3N3. The lowest BCUT2D eigenvalue weighted by Gasteiger charge is -2.32. The van der Waals surface area contributed by atoms with Crippen LogP contribution in [-0.2, 0) is 6.18 Å². The van der Waals surface area contributed by atoms with Gasteiger partial charge in [-0.15, -0.1) is 10.2 Å². The fraction of sp³-hybridized carbons (Fsp3) is 0.636. The summed E-state index contributed by atoms with van der Waals surface area (Å²) in [4.78, 5) is 1.99. The van der Waals surface area contributed by atoms with E-state index in [9.17, 15) is 13.2 Å². The van der Waals surface area contributed by atoms with Crippen LogP contribution in [0.3, 0.4) is 0 Å². The number of nitrogens with zero attached hydrogens (tertiary/aromatic N) is 3. The molecule has 0 bridgehead atoms. The first-order valence-electron chi connectivity index (χ1n) is 5.72. The lowest BCUT2D eigenvalue weighted by atomic mass is 10.0. The van der Waals surface area contributed by atoms with Crippen molar-refractivity contribution in [2.45, 2.75) is 19.0 Å². The molecule has 1 atom stereocenters. The summed E-state index contributed by atoms with van der Waals surface area (Å²) in [6.45, 7) is 1.63. The van der Waals surface area contributed by atoms with Gasteiger partial charge in [-0.05, 0) is 30.9 Å². The van der Waals surface area contributed by atoms with Crippen LogP contribution in [0.2, 0.25) is 0 Å². The molecule has 1 unspecified atom stereocenters. The molecule has 0 saturated carbocycles. The van der Waals surface area contributed by atoms with E-state index in [1.165, 1.54) is 6.07 Å². The Labute approximate surface area is 112 Å². The number of hydrogen-bond acceptors (Lipinski definition) is 3. The Morgan fingerprint density at radius 1 is 1.33 bits per heavy atom. The van der Waals surface area contributed by atoms with Crippen molar-refractivity contribution in [3.05, 3.63) is 17.8 Å². The van der Waals surface area contributed by atoms with Crippen LogP contribution in [0.25, 0.3) is 0 Å². The predicted octanol–water partition coefficient (Wildman–Crippen LogP) is 3.11. The zero-order valence-electron chi connectivity index (χ0n) is 9.62. The van der Waals surface area contributed by atoms with Gasteiger partial charge in [-0.2, -0.15) is 13.2 Å². The van der Waals surface area contributed by atoms with Gasteiger partial charge in [0.2, 0.25) is 0 Å². The first kappa shape index (κ1) is 13.6. The molecule has 0 aliphatic carbocycles. The van der Waals surface area contributed by atoms with Gasteiger partial charge in [0, 0.05) is 18.4 Å². The van der Waals surface area contributed by atoms with Crippen molar-refractivity contribution in [1.82, 2.24) is 10.2 Å². The highest BCUT2D eigenvalue weighted by atomic mass is 79.9. The molecule has 1 aliphatic heterocycles. The second kappa shape index (κ2) is 5.42. The summed E-state index contributed by atoms with van der Waals surface area (Å²) in [7, 11) is 0. The van der Waals surface area contributed by atoms with Gasteiger partial charge >= 0.3 is 6.18 Å². The molecule has 0 N–H and O–H groups in total. The van der Waals surface area contributed by atoms with Gasteiger partial charge in [0.05, 0.1) is 0 Å². The Kier molecular flexibility index (Phi) is 4.09. The third-order valence-corrected chi connectivity index (χ3v) is 3.92. The van der Waals surface area contributed by atoms with Crippen molar-refractivity contribution < 1.29 is 13.2 Å². The van der Waals surface area contributed by atoms with Gasteiger partial charge in [0.15, 0.2) is 11.5 Å². The highest BCUT2D eigenvalue weighted by molar-refractivity contribution is 9.09. The van der Waals surface area contributed by atoms with E-state index in [0.717, 1.165) is 37.3 Å². The number of anilines is 1. The first-order valence-corrected chi connectivity index (χ1v) is 6.84. The summed E-state index contributed by atoms with van der Waals surface area (Å²) in [5.74, 6) is 1.04. The van der Waals surface area contributed by atoms with Crippen LogP contribution < -0.4 is 4.90 Å². The van der Waals surface area contributed by atoms with Crippen molar-refractivity contribution in [2.24, 2.45) is 5.92 Å². The van der Waals surface area contributed by atoms with Crippen molar-refractivity contribution in [3.63, 3.8) is 0 Å². The average Bonchev–Trinajstić information content (AvgIpc) is 2.38. The third kappa shape index (κ3) is 3.13. The van der Waals surface area contributed by atoms with Gasteiger partial charge < -0.3 is 4.90 Å². The molecule has 18 heavy (non-hydrogen) atoms. The first-order chi connectivity index (χ1) is 8.50. The highest BCUT2D eigenvalue weighted by Gasteiger charge is 2.33. The monoisotopic (exact) mass is 323 g/mol. The molecule has 1 aromatic heterocycles. The molecule has 0 aromatic carbocycles. The second-order valence-corrected chi connectivity index (χ2v) is 5.03. The van der Waals surface area contributed by atoms with Crippen LogP contribution >= 0.6 is 15.9 Å². The summed E-state index contributed by atoms with van der Waals surface area (Å²) in [6, 6.07) is 2.38. The minimum absolute atomic E-state index is 0.517. The molecule has 7 heteroatoms. The number of hydrogen-bond donors (Lipinski definition) is 0. The number of rotatable bonds is 2. The molecule has 2 rings (SSSR count). The van der Waals surface area contributed by atoms with Crippen LogP contribution in [0.1, 0.15) is 18.5 Å². The van der Waals surface area contributed by atoms with E-state index in [2.05, 4.69) is 26.1 Å². The van der Waals surface area contributed by atoms with E-state index in [-0.39, 0.29) is 0 Å². The zero-order valence-corrected chi connectivity index (χ0v) is 11.2. The molecule has 2 heterocycles. The largest absolute Gasteiger partial charge is 0.435 e. The van der Waals surface area contributed by atoms with Crippen molar-refractivity contribution in [2.75, 3.05) is 23.3 Å². The van der Waals surface area contributed by atoms with E-state index in [0.29, 0.717) is 11.7 Å². The molecular weight excluding hydrogens is 311 g/mol. The summed E-state index contributed by atoms with van der Waals surface area (Å²) < 4.78 is 37.1. The van der Waals surface area contributed by atoms with Crippen LogP contribution in [0, 0.1) is 5.92 Å². The summed E-state index contributed by atoms with van der Waals surface area (Å²) >= 11 is 3.44. The molecule has 0 amide bonds. The van der Waals surface area contributed by atoms with E-state index in [1.54, 1.807) is 0 Å². The lowest BCUT2D eigenvalue weighted by Crippen LogP contribution is -2.36. The quantitative estimate of drug-likeness (QED) is 0.783. The molecule has 1 saturated heterocycles. The molecule has 1 aliphatic rings. The Hall–Kier alpha value is -0.850. The maximum atomic E-state index is 12.4. The van der Waals surface area contributed by atoms with Crippen LogP contribution in [0.15, 0.2) is 12.1 Å². The Balaban J connectivity index is 2.09. The molecule has 1 aromatic rings. The fourth-order valence-corrected chi connectivity index (χ4v) is 2.57. The molecule has 0 radical (unpaired) electrons. The topological polar surface area (TPSA) is 29.0 Å². The number of aromatic nitrogens is 2. The summed E-state index contributed by atoms with van der Waals surface area (Å²) in [5, 5.41) is 7.83. The Morgan fingerprint density at radius 2 is 2.11 bits per heavy atom. The SMILES string of the molecule is FC(F)(F)c1ccc(N2CCCC(CBr)C2)nn1. The summed E-state index contributed by atoms with van der Waals surface area (Å²) in [6.07, 6.45) is -2.26. The van der Waals surface area contributed by atoms with E-state index in [4.69, 9.17) is 0 Å². The third-order valence-electron chi connectivity index (χ3n) is 3.00. The fourth-order valence-electron chi connectivity index (χ4n) is 2.04. The second-order valence-electron chi connectivity index (χ2n) is 4.38. The number of alkyl halides is 4. The van der Waals surface area contributed by atoms with Crippen molar-refractivity contribution in [1.29, 1.82) is 0 Å². The predicted molar refractivity (Wildman–Crippen MR) is 65.8 cm³/mol. The number of halogens is 4. The molecule has 100 valence electrons. The lowest BCUT2D eigenvalue weighted by molar-refractivity contribution is -0.141. The Bertz CT molecular complexity index is 394. The normalized spacial score (nSPS) is 21.1. The van der Waals surface area contributed by atoms with Gasteiger partial charge in [-0.3, -0.25) is 0 Å². The molecule has 3 nitrogen and oxygen atoms in total. The smallest absolute Gasteiger partial charge is 0.355 e. The highest BCUT2D eigenvalue weighted by Crippen LogP contribution is 2.28. The maximum absolute atomic E-state index is 12.4. The van der Waals surface area contributed by atoms with Gasteiger partial charge in [-0.1, -0.05) is 15.9 Å². The maximum Gasteiger partial charge on any atom is 0.435 e. The molecule has 0 spiro atoms. The van der Waals surface area contributed by atoms with Crippen LogP contribution in [0.4, 0.5) is 19.0 Å². The van der Waals surface area contributed by atoms with Gasteiger partial charge in [0.25, 0.3) is 0 Å². The average molecular weight is 324 g/mol. The van der Waals surface area contributed by atoms with Gasteiger partial charge in [0.1, 0.15) is 0 Å². The van der Waals surface area contributed by atoms with E-state index in [1.807, 2.05) is 4.90 Å². The van der Waals surface area contributed by atoms with Crippen molar-refractivity contribution in [3.8, 4) is 0 Å². The zero-order chi connectivity index (χ0) is 13.2. The van der Waals surface area contributed by atoms with Crippen LogP contribution in [0.5, 0.6) is 0 Å². The number of piperidine rings is 1. The summed E-state index contributed by atoms with van der Waals surface area (Å²) in [5.41, 5.74) is -0.944. The standard InChI is InChI=1S/C11H13BrF3N3/c12-6-8-2-1-5-18(7-8)10-4-3-9(16-17-10)11(13,14)15/h3-4,8H,1-2,5-7H2.